The number of aliphatic imine (C=N–C) groups is 1. The van der Waals surface area contributed by atoms with Gasteiger partial charge in [0.2, 0.25) is 5.91 Å². The topological polar surface area (TPSA) is 69.2 Å². The Bertz CT molecular complexity index is 597. The fourth-order valence-electron chi connectivity index (χ4n) is 2.80. The summed E-state index contributed by atoms with van der Waals surface area (Å²) in [6.45, 7) is 5.76. The van der Waals surface area contributed by atoms with E-state index in [2.05, 4.69) is 44.8 Å². The van der Waals surface area contributed by atoms with Gasteiger partial charge in [0.1, 0.15) is 0 Å². The maximum Gasteiger partial charge on any atom is 0.223 e. The highest BCUT2D eigenvalue weighted by Crippen LogP contribution is 2.12. The molecule has 1 aromatic rings. The normalized spacial score (nSPS) is 15.6. The predicted octanol–water partition coefficient (Wildman–Crippen LogP) is 0.662. The molecule has 2 N–H and O–H groups in total. The number of guanidine groups is 1. The summed E-state index contributed by atoms with van der Waals surface area (Å²) in [6, 6.07) is 8.47. The summed E-state index contributed by atoms with van der Waals surface area (Å²) in [5, 5.41) is 6.53. The molecule has 0 radical (unpaired) electrons. The van der Waals surface area contributed by atoms with Crippen molar-refractivity contribution in [3.05, 3.63) is 35.4 Å². The molecule has 2 rings (SSSR count). The number of carbonyl (C=O) groups is 1. The molecule has 0 saturated carbocycles. The minimum absolute atomic E-state index is 0.101. The van der Waals surface area contributed by atoms with Gasteiger partial charge in [0.15, 0.2) is 5.96 Å². The first-order valence-corrected chi connectivity index (χ1v) is 9.11. The Balaban J connectivity index is 1.84. The van der Waals surface area contributed by atoms with E-state index in [0.29, 0.717) is 25.5 Å². The Labute approximate surface area is 156 Å². The molecule has 0 spiro atoms. The molecule has 0 bridgehead atoms. The number of nitrogens with one attached hydrogen (secondary N) is 2. The van der Waals surface area contributed by atoms with Crippen LogP contribution >= 0.6 is 0 Å². The number of carbonyl (C=O) groups excluding carboxylic acids is 1. The lowest BCUT2D eigenvalue weighted by Crippen LogP contribution is -2.39. The lowest BCUT2D eigenvalue weighted by Gasteiger charge is -2.27. The van der Waals surface area contributed by atoms with Crippen LogP contribution in [0, 0.1) is 0 Å². The molecule has 1 aliphatic rings. The number of amides is 1. The van der Waals surface area contributed by atoms with E-state index in [0.717, 1.165) is 32.8 Å². The molecule has 7 nitrogen and oxygen atoms in total. The molecule has 1 aromatic carbocycles. The molecule has 7 heteroatoms. The molecular formula is C19H31N5O2. The monoisotopic (exact) mass is 361 g/mol. The molecule has 1 fully saturated rings. The zero-order valence-electron chi connectivity index (χ0n) is 16.1. The zero-order valence-corrected chi connectivity index (χ0v) is 16.1. The summed E-state index contributed by atoms with van der Waals surface area (Å²) in [5.74, 6) is 0.807. The summed E-state index contributed by atoms with van der Waals surface area (Å²) in [7, 11) is 5.27. The number of morpholine rings is 1. The van der Waals surface area contributed by atoms with E-state index in [-0.39, 0.29) is 5.91 Å². The van der Waals surface area contributed by atoms with E-state index < -0.39 is 0 Å². The minimum Gasteiger partial charge on any atom is -0.379 e. The Hall–Kier alpha value is -2.12. The Kier molecular flexibility index (Phi) is 8.37. The minimum atomic E-state index is 0.101. The van der Waals surface area contributed by atoms with Crippen molar-refractivity contribution in [1.29, 1.82) is 0 Å². The first-order chi connectivity index (χ1) is 12.6. The van der Waals surface area contributed by atoms with Crippen molar-refractivity contribution in [2.24, 2.45) is 4.99 Å². The van der Waals surface area contributed by atoms with Crippen molar-refractivity contribution >= 4 is 11.9 Å². The quantitative estimate of drug-likeness (QED) is 0.552. The van der Waals surface area contributed by atoms with Crippen molar-refractivity contribution < 1.29 is 9.53 Å². The number of benzene rings is 1. The number of hydrogen-bond donors (Lipinski definition) is 2. The van der Waals surface area contributed by atoms with Crippen LogP contribution in [0.4, 0.5) is 0 Å². The van der Waals surface area contributed by atoms with Crippen LogP contribution in [-0.4, -0.2) is 75.7 Å². The molecule has 1 aliphatic heterocycles. The van der Waals surface area contributed by atoms with Gasteiger partial charge in [-0.3, -0.25) is 14.7 Å². The van der Waals surface area contributed by atoms with Crippen LogP contribution in [0.5, 0.6) is 0 Å². The Morgan fingerprint density at radius 1 is 1.19 bits per heavy atom. The lowest BCUT2D eigenvalue weighted by atomic mass is 10.1. The third-order valence-corrected chi connectivity index (χ3v) is 4.42. The summed E-state index contributed by atoms with van der Waals surface area (Å²) < 4.78 is 5.43. The smallest absolute Gasteiger partial charge is 0.223 e. The van der Waals surface area contributed by atoms with Gasteiger partial charge < -0.3 is 20.3 Å². The van der Waals surface area contributed by atoms with E-state index in [4.69, 9.17) is 4.74 Å². The maximum atomic E-state index is 11.6. The van der Waals surface area contributed by atoms with Gasteiger partial charge in [0, 0.05) is 60.3 Å². The van der Waals surface area contributed by atoms with Gasteiger partial charge in [-0.2, -0.15) is 0 Å². The highest BCUT2D eigenvalue weighted by Gasteiger charge is 2.13. The van der Waals surface area contributed by atoms with Gasteiger partial charge >= 0.3 is 0 Å². The van der Waals surface area contributed by atoms with Crippen molar-refractivity contribution in [3.63, 3.8) is 0 Å². The van der Waals surface area contributed by atoms with Crippen LogP contribution in [0.15, 0.2) is 29.3 Å². The van der Waals surface area contributed by atoms with Gasteiger partial charge in [0.25, 0.3) is 0 Å². The van der Waals surface area contributed by atoms with E-state index in [9.17, 15) is 4.79 Å². The molecule has 0 aliphatic carbocycles. The van der Waals surface area contributed by atoms with E-state index in [1.807, 2.05) is 0 Å². The van der Waals surface area contributed by atoms with Gasteiger partial charge in [0.05, 0.1) is 13.2 Å². The fourth-order valence-corrected chi connectivity index (χ4v) is 2.80. The molecular weight excluding hydrogens is 330 g/mol. The first-order valence-electron chi connectivity index (χ1n) is 9.11. The van der Waals surface area contributed by atoms with Crippen molar-refractivity contribution in [3.8, 4) is 0 Å². The molecule has 1 amide bonds. The highest BCUT2D eigenvalue weighted by molar-refractivity contribution is 5.81. The van der Waals surface area contributed by atoms with Crippen LogP contribution in [0.25, 0.3) is 0 Å². The number of nitrogens with zero attached hydrogens (tertiary/aromatic N) is 3. The van der Waals surface area contributed by atoms with Crippen molar-refractivity contribution in [1.82, 2.24) is 20.4 Å². The fraction of sp³-hybridized carbons (Fsp3) is 0.579. The molecule has 0 atom stereocenters. The van der Waals surface area contributed by atoms with Crippen LogP contribution < -0.4 is 10.6 Å². The van der Waals surface area contributed by atoms with Crippen molar-refractivity contribution in [2.75, 3.05) is 54.0 Å². The van der Waals surface area contributed by atoms with Crippen LogP contribution in [-0.2, 0) is 22.6 Å². The lowest BCUT2D eigenvalue weighted by molar-refractivity contribution is -0.128. The number of rotatable bonds is 7. The number of ether oxygens (including phenoxy) is 1. The van der Waals surface area contributed by atoms with Crippen LogP contribution in [0.3, 0.4) is 0 Å². The molecule has 0 aromatic heterocycles. The predicted molar refractivity (Wildman–Crippen MR) is 104 cm³/mol. The summed E-state index contributed by atoms with van der Waals surface area (Å²) >= 11 is 0. The van der Waals surface area contributed by atoms with Crippen LogP contribution in [0.1, 0.15) is 17.5 Å². The summed E-state index contributed by atoms with van der Waals surface area (Å²) in [4.78, 5) is 19.9. The number of hydrogen-bond acceptors (Lipinski definition) is 4. The summed E-state index contributed by atoms with van der Waals surface area (Å²) in [6.07, 6.45) is 0.446. The average molecular weight is 361 g/mol. The molecule has 1 heterocycles. The van der Waals surface area contributed by atoms with Crippen LogP contribution in [0.2, 0.25) is 0 Å². The van der Waals surface area contributed by atoms with Gasteiger partial charge in [-0.05, 0) is 11.1 Å². The maximum absolute atomic E-state index is 11.6. The molecule has 26 heavy (non-hydrogen) atoms. The second kappa shape index (κ2) is 10.8. The van der Waals surface area contributed by atoms with Gasteiger partial charge in [-0.1, -0.05) is 24.3 Å². The Morgan fingerprint density at radius 3 is 2.54 bits per heavy atom. The third kappa shape index (κ3) is 6.65. The van der Waals surface area contributed by atoms with E-state index in [1.54, 1.807) is 26.0 Å². The largest absolute Gasteiger partial charge is 0.379 e. The molecule has 144 valence electrons. The average Bonchev–Trinajstić information content (AvgIpc) is 2.66. The standard InChI is InChI=1S/C19H31N5O2/c1-20-19(21-9-8-18(25)23(2)3)22-14-16-6-4-5-7-17(16)15-24-10-12-26-13-11-24/h4-7H,8-15H2,1-3H3,(H2,20,21,22). The van der Waals surface area contributed by atoms with E-state index in [1.165, 1.54) is 11.1 Å². The van der Waals surface area contributed by atoms with E-state index >= 15 is 0 Å². The molecule has 0 unspecified atom stereocenters. The SMILES string of the molecule is CN=C(NCCC(=O)N(C)C)NCc1ccccc1CN1CCOCC1. The van der Waals surface area contributed by atoms with Gasteiger partial charge in [-0.15, -0.1) is 0 Å². The second-order valence-corrected chi connectivity index (χ2v) is 6.55. The van der Waals surface area contributed by atoms with Gasteiger partial charge in [-0.25, -0.2) is 0 Å². The Morgan fingerprint density at radius 2 is 1.88 bits per heavy atom. The molecule has 1 saturated heterocycles. The highest BCUT2D eigenvalue weighted by atomic mass is 16.5. The summed E-state index contributed by atoms with van der Waals surface area (Å²) in [5.41, 5.74) is 2.58. The third-order valence-electron chi connectivity index (χ3n) is 4.42. The zero-order chi connectivity index (χ0) is 18.8. The second-order valence-electron chi connectivity index (χ2n) is 6.55. The first kappa shape index (κ1) is 20.2. The van der Waals surface area contributed by atoms with Crippen molar-refractivity contribution in [2.45, 2.75) is 19.5 Å².